The number of phenols is 1. The van der Waals surface area contributed by atoms with Crippen molar-refractivity contribution in [3.05, 3.63) is 48.0 Å². The lowest BCUT2D eigenvalue weighted by atomic mass is 10.1. The average molecular weight is 503 g/mol. The first-order chi connectivity index (χ1) is 14.6. The first kappa shape index (κ1) is 23.7. The molecule has 0 aliphatic rings. The Balaban J connectivity index is 2.35. The van der Waals surface area contributed by atoms with E-state index in [4.69, 9.17) is 0 Å². The third-order valence-corrected chi connectivity index (χ3v) is 6.85. The normalized spacial score (nSPS) is 13.1. The molecule has 12 nitrogen and oxygen atoms in total. The SMILES string of the molecule is Cc1ccc(N=Nc2c(O)c(S(=O)(=O)O)cc3cc(S(=O)(=O)O)ccc23)c(S(=O)(=O)O)c1. The molecule has 0 amide bonds. The molecule has 0 saturated carbocycles. The molecule has 3 aromatic rings. The van der Waals surface area contributed by atoms with Crippen molar-refractivity contribution in [3.63, 3.8) is 0 Å². The summed E-state index contributed by atoms with van der Waals surface area (Å²) in [5, 5.41) is 17.5. The van der Waals surface area contributed by atoms with Crippen LogP contribution in [0.15, 0.2) is 67.4 Å². The van der Waals surface area contributed by atoms with Crippen molar-refractivity contribution >= 4 is 52.5 Å². The standard InChI is InChI=1S/C17H14N2O10S3/c1-9-2-5-13(14(6-9)31(24,25)26)18-19-16-12-4-3-11(30(21,22)23)7-10(12)8-15(17(16)20)32(27,28)29/h2-8,20H,1H3,(H,21,22,23)(H,24,25,26)(H,27,28,29). The van der Waals surface area contributed by atoms with Crippen molar-refractivity contribution in [1.82, 2.24) is 0 Å². The fraction of sp³-hybridized carbons (Fsp3) is 0.0588. The lowest BCUT2D eigenvalue weighted by Crippen LogP contribution is -2.00. The molecule has 0 atom stereocenters. The molecule has 32 heavy (non-hydrogen) atoms. The van der Waals surface area contributed by atoms with Gasteiger partial charge in [-0.3, -0.25) is 13.7 Å². The molecular formula is C17H14N2O10S3. The Hall–Kier alpha value is -2.95. The third-order valence-electron chi connectivity index (χ3n) is 4.25. The molecule has 0 radical (unpaired) electrons. The van der Waals surface area contributed by atoms with Gasteiger partial charge in [-0.25, -0.2) is 0 Å². The molecule has 0 unspecified atom stereocenters. The van der Waals surface area contributed by atoms with Crippen molar-refractivity contribution in [3.8, 4) is 5.75 Å². The number of phenolic OH excluding ortho intramolecular Hbond substituents is 1. The van der Waals surface area contributed by atoms with Gasteiger partial charge in [0, 0.05) is 5.39 Å². The molecule has 4 N–H and O–H groups in total. The maximum absolute atomic E-state index is 11.7. The average Bonchev–Trinajstić information content (AvgIpc) is 2.65. The predicted octanol–water partition coefficient (Wildman–Crippen LogP) is 3.01. The van der Waals surface area contributed by atoms with E-state index in [0.29, 0.717) is 5.56 Å². The summed E-state index contributed by atoms with van der Waals surface area (Å²) < 4.78 is 97.4. The van der Waals surface area contributed by atoms with Gasteiger partial charge >= 0.3 is 0 Å². The summed E-state index contributed by atoms with van der Waals surface area (Å²) in [6.07, 6.45) is 0. The number of azo groups is 1. The fourth-order valence-corrected chi connectivity index (χ4v) is 4.64. The number of rotatable bonds is 5. The van der Waals surface area contributed by atoms with Crippen molar-refractivity contribution in [2.24, 2.45) is 10.2 Å². The Labute approximate surface area is 182 Å². The lowest BCUT2D eigenvalue weighted by molar-refractivity contribution is 0.445. The highest BCUT2D eigenvalue weighted by molar-refractivity contribution is 7.86. The van der Waals surface area contributed by atoms with E-state index in [9.17, 15) is 44.0 Å². The zero-order valence-electron chi connectivity index (χ0n) is 15.9. The topological polar surface area (TPSA) is 208 Å². The van der Waals surface area contributed by atoms with E-state index < -0.39 is 56.5 Å². The maximum atomic E-state index is 11.7. The fourth-order valence-electron chi connectivity index (χ4n) is 2.80. The Morgan fingerprint density at radius 2 is 1.34 bits per heavy atom. The smallest absolute Gasteiger partial charge is 0.298 e. The molecule has 0 aromatic heterocycles. The molecule has 170 valence electrons. The minimum atomic E-state index is -5.02. The van der Waals surface area contributed by atoms with Crippen LogP contribution in [-0.2, 0) is 30.4 Å². The second-order valence-corrected chi connectivity index (χ2v) is 10.8. The van der Waals surface area contributed by atoms with Crippen LogP contribution in [0.25, 0.3) is 10.8 Å². The van der Waals surface area contributed by atoms with Gasteiger partial charge in [-0.05, 0) is 48.2 Å². The van der Waals surface area contributed by atoms with Crippen molar-refractivity contribution in [2.75, 3.05) is 0 Å². The largest absolute Gasteiger partial charge is 0.504 e. The molecule has 3 aromatic carbocycles. The van der Waals surface area contributed by atoms with Crippen molar-refractivity contribution in [1.29, 1.82) is 0 Å². The van der Waals surface area contributed by atoms with Crippen LogP contribution >= 0.6 is 0 Å². The highest BCUT2D eigenvalue weighted by atomic mass is 32.2. The number of hydrogen-bond donors (Lipinski definition) is 4. The highest BCUT2D eigenvalue weighted by Gasteiger charge is 2.23. The van der Waals surface area contributed by atoms with Crippen LogP contribution in [0.4, 0.5) is 11.4 Å². The van der Waals surface area contributed by atoms with Crippen molar-refractivity contribution < 1.29 is 44.0 Å². The van der Waals surface area contributed by atoms with Gasteiger partial charge in [0.15, 0.2) is 5.75 Å². The summed E-state index contributed by atoms with van der Waals surface area (Å²) >= 11 is 0. The number of nitrogens with zero attached hydrogens (tertiary/aromatic N) is 2. The summed E-state index contributed by atoms with van der Waals surface area (Å²) in [6.45, 7) is 1.55. The minimum absolute atomic E-state index is 0.0495. The molecule has 0 aliphatic heterocycles. The van der Waals surface area contributed by atoms with Crippen LogP contribution in [0.2, 0.25) is 0 Å². The van der Waals surface area contributed by atoms with E-state index in [1.807, 2.05) is 0 Å². The van der Waals surface area contributed by atoms with E-state index >= 15 is 0 Å². The number of benzene rings is 3. The van der Waals surface area contributed by atoms with Gasteiger partial charge < -0.3 is 5.11 Å². The Bertz CT molecular complexity index is 1610. The van der Waals surface area contributed by atoms with Crippen LogP contribution in [0.5, 0.6) is 5.75 Å². The van der Waals surface area contributed by atoms with E-state index in [1.165, 1.54) is 12.1 Å². The van der Waals surface area contributed by atoms with Crippen molar-refractivity contribution in [2.45, 2.75) is 21.6 Å². The zero-order valence-corrected chi connectivity index (χ0v) is 18.3. The second-order valence-electron chi connectivity index (χ2n) is 6.55. The molecule has 0 aliphatic carbocycles. The van der Waals surface area contributed by atoms with E-state index in [-0.39, 0.29) is 16.5 Å². The van der Waals surface area contributed by atoms with Gasteiger partial charge in [-0.15, -0.1) is 10.2 Å². The Morgan fingerprint density at radius 3 is 1.91 bits per heavy atom. The van der Waals surface area contributed by atoms with Gasteiger partial charge in [0.05, 0.1) is 4.90 Å². The molecule has 0 fully saturated rings. The lowest BCUT2D eigenvalue weighted by Gasteiger charge is -2.10. The first-order valence-corrected chi connectivity index (χ1v) is 12.7. The van der Waals surface area contributed by atoms with Gasteiger partial charge in [-0.1, -0.05) is 12.1 Å². The van der Waals surface area contributed by atoms with Crippen LogP contribution in [0, 0.1) is 6.92 Å². The zero-order chi connectivity index (χ0) is 24.1. The predicted molar refractivity (Wildman–Crippen MR) is 110 cm³/mol. The molecule has 15 heteroatoms. The summed E-state index contributed by atoms with van der Waals surface area (Å²) in [7, 11) is -14.4. The summed E-state index contributed by atoms with van der Waals surface area (Å²) in [5.74, 6) is -1.05. The van der Waals surface area contributed by atoms with E-state index in [0.717, 1.165) is 30.3 Å². The molecule has 0 bridgehead atoms. The van der Waals surface area contributed by atoms with Gasteiger partial charge in [0.25, 0.3) is 30.4 Å². The number of aryl methyl sites for hydroxylation is 1. The van der Waals surface area contributed by atoms with E-state index in [2.05, 4.69) is 10.2 Å². The minimum Gasteiger partial charge on any atom is -0.504 e. The van der Waals surface area contributed by atoms with Gasteiger partial charge in [0.1, 0.15) is 21.2 Å². The Morgan fingerprint density at radius 1 is 0.719 bits per heavy atom. The Kier molecular flexibility index (Phi) is 5.83. The maximum Gasteiger partial charge on any atom is 0.298 e. The summed E-state index contributed by atoms with van der Waals surface area (Å²) in [5.41, 5.74) is -0.438. The van der Waals surface area contributed by atoms with Crippen LogP contribution in [0.3, 0.4) is 0 Å². The quantitative estimate of drug-likeness (QED) is 0.296. The monoisotopic (exact) mass is 502 g/mol. The van der Waals surface area contributed by atoms with Crippen LogP contribution in [0.1, 0.15) is 5.56 Å². The van der Waals surface area contributed by atoms with Crippen LogP contribution < -0.4 is 0 Å². The first-order valence-electron chi connectivity index (χ1n) is 8.33. The number of aromatic hydroxyl groups is 1. The molecule has 0 saturated heterocycles. The number of hydrogen-bond acceptors (Lipinski definition) is 9. The second kappa shape index (κ2) is 7.88. The summed E-state index contributed by atoms with van der Waals surface area (Å²) in [6, 6.07) is 7.40. The number of fused-ring (bicyclic) bond motifs is 1. The molecular weight excluding hydrogens is 488 g/mol. The highest BCUT2D eigenvalue weighted by Crippen LogP contribution is 2.42. The van der Waals surface area contributed by atoms with Gasteiger partial charge in [-0.2, -0.15) is 25.3 Å². The van der Waals surface area contributed by atoms with Crippen LogP contribution in [-0.4, -0.2) is 44.0 Å². The van der Waals surface area contributed by atoms with Gasteiger partial charge in [0.2, 0.25) is 0 Å². The molecule has 0 heterocycles. The molecule has 0 spiro atoms. The summed E-state index contributed by atoms with van der Waals surface area (Å²) in [4.78, 5) is -2.25. The third kappa shape index (κ3) is 4.77. The molecule has 3 rings (SSSR count). The van der Waals surface area contributed by atoms with E-state index in [1.54, 1.807) is 6.92 Å².